The third kappa shape index (κ3) is 3.41. The van der Waals surface area contributed by atoms with E-state index in [1.165, 1.54) is 0 Å². The maximum Gasteiger partial charge on any atom is 0.261 e. The van der Waals surface area contributed by atoms with Crippen molar-refractivity contribution in [2.75, 3.05) is 4.72 Å². The number of aryl methyl sites for hydroxylation is 3. The van der Waals surface area contributed by atoms with Gasteiger partial charge in [0.25, 0.3) is 10.0 Å². The molecule has 0 amide bonds. The topological polar surface area (TPSA) is 46.2 Å². The van der Waals surface area contributed by atoms with Crippen LogP contribution in [0.5, 0.6) is 0 Å². The summed E-state index contributed by atoms with van der Waals surface area (Å²) in [5.74, 6) is 0. The molecular formula is C15H16BrNO2S. The zero-order chi connectivity index (χ0) is 14.9. The van der Waals surface area contributed by atoms with Crippen LogP contribution < -0.4 is 4.72 Å². The molecule has 1 N–H and O–H groups in total. The van der Waals surface area contributed by atoms with Crippen LogP contribution in [0.2, 0.25) is 0 Å². The fourth-order valence-electron chi connectivity index (χ4n) is 2.03. The lowest BCUT2D eigenvalue weighted by Gasteiger charge is -2.10. The minimum atomic E-state index is -3.56. The van der Waals surface area contributed by atoms with Crippen LogP contribution in [0.25, 0.3) is 0 Å². The van der Waals surface area contributed by atoms with Gasteiger partial charge >= 0.3 is 0 Å². The lowest BCUT2D eigenvalue weighted by Crippen LogP contribution is -2.13. The SMILES string of the molecule is Cc1cc(C)cc(NS(=O)(=O)c2ccc(Br)c(C)c2)c1. The zero-order valence-corrected chi connectivity index (χ0v) is 14.0. The maximum atomic E-state index is 12.4. The summed E-state index contributed by atoms with van der Waals surface area (Å²) in [6.45, 7) is 5.74. The standard InChI is InChI=1S/C15H16BrNO2S/c1-10-6-11(2)8-13(7-10)17-20(18,19)14-4-5-15(16)12(3)9-14/h4-9,17H,1-3H3. The van der Waals surface area contributed by atoms with Crippen molar-refractivity contribution in [3.8, 4) is 0 Å². The molecule has 0 bridgehead atoms. The van der Waals surface area contributed by atoms with Crippen LogP contribution in [-0.4, -0.2) is 8.42 Å². The summed E-state index contributed by atoms with van der Waals surface area (Å²) in [4.78, 5) is 0.261. The largest absolute Gasteiger partial charge is 0.280 e. The van der Waals surface area contributed by atoms with Crippen LogP contribution in [0.1, 0.15) is 16.7 Å². The van der Waals surface area contributed by atoms with E-state index in [-0.39, 0.29) is 4.90 Å². The van der Waals surface area contributed by atoms with E-state index in [2.05, 4.69) is 20.7 Å². The van der Waals surface area contributed by atoms with Crippen LogP contribution in [-0.2, 0) is 10.0 Å². The molecule has 0 heterocycles. The highest BCUT2D eigenvalue weighted by molar-refractivity contribution is 9.10. The minimum Gasteiger partial charge on any atom is -0.280 e. The smallest absolute Gasteiger partial charge is 0.261 e. The van der Waals surface area contributed by atoms with Gasteiger partial charge in [0.1, 0.15) is 0 Å². The van der Waals surface area contributed by atoms with Crippen molar-refractivity contribution in [3.05, 3.63) is 57.6 Å². The number of benzene rings is 2. The second-order valence-corrected chi connectivity index (χ2v) is 7.43. The lowest BCUT2D eigenvalue weighted by atomic mass is 10.1. The molecule has 0 radical (unpaired) electrons. The highest BCUT2D eigenvalue weighted by Gasteiger charge is 2.15. The van der Waals surface area contributed by atoms with Crippen LogP contribution in [0.4, 0.5) is 5.69 Å². The summed E-state index contributed by atoms with van der Waals surface area (Å²) in [7, 11) is -3.56. The Morgan fingerprint density at radius 3 is 2.10 bits per heavy atom. The van der Waals surface area contributed by atoms with E-state index in [4.69, 9.17) is 0 Å². The Morgan fingerprint density at radius 1 is 0.950 bits per heavy atom. The molecule has 0 atom stereocenters. The molecule has 20 heavy (non-hydrogen) atoms. The normalized spacial score (nSPS) is 11.4. The van der Waals surface area contributed by atoms with Crippen molar-refractivity contribution in [2.24, 2.45) is 0 Å². The third-order valence-electron chi connectivity index (χ3n) is 2.91. The Labute approximate surface area is 128 Å². The van der Waals surface area contributed by atoms with Gasteiger partial charge in [-0.05, 0) is 67.8 Å². The van der Waals surface area contributed by atoms with Crippen LogP contribution >= 0.6 is 15.9 Å². The lowest BCUT2D eigenvalue weighted by molar-refractivity contribution is 0.601. The van der Waals surface area contributed by atoms with E-state index in [0.717, 1.165) is 21.2 Å². The van der Waals surface area contributed by atoms with E-state index in [1.807, 2.05) is 39.0 Å². The van der Waals surface area contributed by atoms with Crippen LogP contribution in [0, 0.1) is 20.8 Å². The average Bonchev–Trinajstić information content (AvgIpc) is 2.30. The molecule has 0 aliphatic carbocycles. The van der Waals surface area contributed by atoms with Gasteiger partial charge in [-0.1, -0.05) is 22.0 Å². The van der Waals surface area contributed by atoms with E-state index in [0.29, 0.717) is 5.69 Å². The van der Waals surface area contributed by atoms with Crippen molar-refractivity contribution < 1.29 is 8.42 Å². The minimum absolute atomic E-state index is 0.261. The molecule has 106 valence electrons. The summed E-state index contributed by atoms with van der Waals surface area (Å²) in [5.41, 5.74) is 3.51. The summed E-state index contributed by atoms with van der Waals surface area (Å²) >= 11 is 3.37. The van der Waals surface area contributed by atoms with Crippen LogP contribution in [0.15, 0.2) is 45.8 Å². The van der Waals surface area contributed by atoms with Gasteiger partial charge in [0.2, 0.25) is 0 Å². The number of sulfonamides is 1. The number of halogens is 1. The first-order valence-electron chi connectivity index (χ1n) is 6.15. The van der Waals surface area contributed by atoms with Gasteiger partial charge in [0.05, 0.1) is 4.90 Å². The molecule has 2 aromatic rings. The van der Waals surface area contributed by atoms with Gasteiger partial charge < -0.3 is 0 Å². The predicted molar refractivity (Wildman–Crippen MR) is 85.6 cm³/mol. The Bertz CT molecular complexity index is 734. The van der Waals surface area contributed by atoms with Gasteiger partial charge in [0.15, 0.2) is 0 Å². The van der Waals surface area contributed by atoms with Crippen molar-refractivity contribution in [2.45, 2.75) is 25.7 Å². The van der Waals surface area contributed by atoms with Gasteiger partial charge in [0, 0.05) is 10.2 Å². The number of anilines is 1. The molecule has 0 aliphatic rings. The van der Waals surface area contributed by atoms with Gasteiger partial charge in [-0.3, -0.25) is 4.72 Å². The molecule has 0 aromatic heterocycles. The van der Waals surface area contributed by atoms with E-state index >= 15 is 0 Å². The van der Waals surface area contributed by atoms with Crippen molar-refractivity contribution in [1.29, 1.82) is 0 Å². The molecule has 0 unspecified atom stereocenters. The molecule has 0 saturated heterocycles. The molecule has 0 saturated carbocycles. The summed E-state index contributed by atoms with van der Waals surface area (Å²) in [5, 5.41) is 0. The Balaban J connectivity index is 2.37. The van der Waals surface area contributed by atoms with E-state index in [1.54, 1.807) is 18.2 Å². The number of hydrogen-bond donors (Lipinski definition) is 1. The Hall–Kier alpha value is -1.33. The molecule has 2 rings (SSSR count). The molecular weight excluding hydrogens is 338 g/mol. The van der Waals surface area contributed by atoms with Crippen molar-refractivity contribution >= 4 is 31.6 Å². The Kier molecular flexibility index (Phi) is 4.20. The zero-order valence-electron chi connectivity index (χ0n) is 11.6. The first kappa shape index (κ1) is 15.1. The third-order valence-corrected chi connectivity index (χ3v) is 5.18. The van der Waals surface area contributed by atoms with E-state index in [9.17, 15) is 8.42 Å². The first-order valence-corrected chi connectivity index (χ1v) is 8.43. The van der Waals surface area contributed by atoms with E-state index < -0.39 is 10.0 Å². The number of rotatable bonds is 3. The van der Waals surface area contributed by atoms with Crippen molar-refractivity contribution in [3.63, 3.8) is 0 Å². The second kappa shape index (κ2) is 5.58. The fourth-order valence-corrected chi connectivity index (χ4v) is 3.40. The highest BCUT2D eigenvalue weighted by Crippen LogP contribution is 2.23. The Morgan fingerprint density at radius 2 is 1.55 bits per heavy atom. The number of hydrogen-bond acceptors (Lipinski definition) is 2. The van der Waals surface area contributed by atoms with Gasteiger partial charge in [-0.15, -0.1) is 0 Å². The molecule has 0 spiro atoms. The van der Waals surface area contributed by atoms with Gasteiger partial charge in [-0.25, -0.2) is 8.42 Å². The number of nitrogens with one attached hydrogen (secondary N) is 1. The second-order valence-electron chi connectivity index (χ2n) is 4.89. The summed E-state index contributed by atoms with van der Waals surface area (Å²) < 4.78 is 28.2. The molecule has 0 fully saturated rings. The van der Waals surface area contributed by atoms with Crippen molar-refractivity contribution in [1.82, 2.24) is 0 Å². The molecule has 5 heteroatoms. The maximum absolute atomic E-state index is 12.4. The van der Waals surface area contributed by atoms with Crippen LogP contribution in [0.3, 0.4) is 0 Å². The quantitative estimate of drug-likeness (QED) is 0.899. The predicted octanol–water partition coefficient (Wildman–Crippen LogP) is 4.18. The highest BCUT2D eigenvalue weighted by atomic mass is 79.9. The fraction of sp³-hybridized carbons (Fsp3) is 0.200. The molecule has 2 aromatic carbocycles. The van der Waals surface area contributed by atoms with Gasteiger partial charge in [-0.2, -0.15) is 0 Å². The average molecular weight is 354 g/mol. The monoisotopic (exact) mass is 353 g/mol. The molecule has 3 nitrogen and oxygen atoms in total. The summed E-state index contributed by atoms with van der Waals surface area (Å²) in [6, 6.07) is 10.6. The summed E-state index contributed by atoms with van der Waals surface area (Å²) in [6.07, 6.45) is 0. The molecule has 0 aliphatic heterocycles. The first-order chi connectivity index (χ1) is 9.28.